The fraction of sp³-hybridized carbons (Fsp3) is 0.217. The minimum Gasteiger partial charge on any atom is -1.00 e. The van der Waals surface area contributed by atoms with Gasteiger partial charge >= 0.3 is 10.3 Å². The molecule has 0 radical (unpaired) electrons. The molecule has 12 heteroatoms. The first-order valence-corrected chi connectivity index (χ1v) is 12.3. The van der Waals surface area contributed by atoms with Gasteiger partial charge in [0, 0.05) is 35.2 Å². The van der Waals surface area contributed by atoms with Gasteiger partial charge in [-0.25, -0.2) is 9.13 Å². The molecular weight excluding hydrogens is 523 g/mol. The van der Waals surface area contributed by atoms with Crippen molar-refractivity contribution in [2.45, 2.75) is 6.42 Å². The molecule has 0 saturated carbocycles. The summed E-state index contributed by atoms with van der Waals surface area (Å²) in [7, 11) is 3.92. The van der Waals surface area contributed by atoms with Crippen molar-refractivity contribution in [1.29, 1.82) is 0 Å². The van der Waals surface area contributed by atoms with Gasteiger partial charge in [-0.05, 0) is 87.9 Å². The van der Waals surface area contributed by atoms with E-state index in [2.05, 4.69) is 31.1 Å². The van der Waals surface area contributed by atoms with Crippen molar-refractivity contribution in [3.63, 3.8) is 0 Å². The molecule has 0 atom stereocenters. The Balaban J connectivity index is 0.00000216. The molecule has 2 aromatic carbocycles. The quantitative estimate of drug-likeness (QED) is 0.169. The molecule has 0 spiro atoms. The minimum absolute atomic E-state index is 0. The maximum atomic E-state index is 4.29. The normalized spacial score (nSPS) is 10.8. The topological polar surface area (TPSA) is 81.3 Å². The molecule has 0 saturated heterocycles. The lowest BCUT2D eigenvalue weighted by molar-refractivity contribution is -0.654. The maximum Gasteiger partial charge on any atom is 0.408 e. The predicted octanol–water partition coefficient (Wildman–Crippen LogP) is 0.212. The number of hydrogen-bond donors (Lipinski definition) is 2. The number of rotatable bonds is 10. The number of nitrogens with one attached hydrogen (secondary N) is 2. The van der Waals surface area contributed by atoms with Crippen LogP contribution in [0.25, 0.3) is 0 Å². The number of azo groups is 2. The largest absolute Gasteiger partial charge is 1.00 e. The average molecular weight is 550 g/mol. The molecule has 2 N–H and O–H groups in total. The summed E-state index contributed by atoms with van der Waals surface area (Å²) in [6.07, 6.45) is 4.93. The Hall–Kier alpha value is -2.92. The number of aromatic nitrogens is 2. The molecule has 4 aromatic rings. The van der Waals surface area contributed by atoms with E-state index >= 15 is 0 Å². The van der Waals surface area contributed by atoms with E-state index in [9.17, 15) is 0 Å². The van der Waals surface area contributed by atoms with Crippen molar-refractivity contribution in [1.82, 2.24) is 0 Å². The third-order valence-corrected chi connectivity index (χ3v) is 6.44. The average Bonchev–Trinajstić information content (AvgIpc) is 3.45. The van der Waals surface area contributed by atoms with Crippen LogP contribution in [0.3, 0.4) is 0 Å². The highest BCUT2D eigenvalue weighted by molar-refractivity contribution is 7.13. The number of nitrogens with zero attached hydrogens (tertiary/aromatic N) is 6. The molecule has 0 aliphatic carbocycles. The zero-order valence-corrected chi connectivity index (χ0v) is 22.5. The van der Waals surface area contributed by atoms with Crippen LogP contribution in [0, 0.1) is 0 Å². The number of thiazole rings is 2. The second-order valence-electron chi connectivity index (χ2n) is 7.29. The van der Waals surface area contributed by atoms with Crippen LogP contribution in [0.5, 0.6) is 0 Å². The Morgan fingerprint density at radius 3 is 1.37 bits per heavy atom. The molecule has 0 aliphatic heterocycles. The molecule has 2 heterocycles. The van der Waals surface area contributed by atoms with Crippen molar-refractivity contribution in [3.05, 3.63) is 71.7 Å². The molecular formula is C23H26Cl2N8S2. The van der Waals surface area contributed by atoms with E-state index < -0.39 is 0 Å². The Kier molecular flexibility index (Phi) is 11.7. The zero-order valence-electron chi connectivity index (χ0n) is 19.3. The summed E-state index contributed by atoms with van der Waals surface area (Å²) in [5.74, 6) is 0. The van der Waals surface area contributed by atoms with Crippen molar-refractivity contribution < 1.29 is 33.9 Å². The molecule has 2 aromatic heterocycles. The van der Waals surface area contributed by atoms with E-state index in [1.807, 2.05) is 94.9 Å². The highest BCUT2D eigenvalue weighted by Gasteiger charge is 2.08. The first-order valence-electron chi connectivity index (χ1n) is 10.5. The Labute approximate surface area is 225 Å². The van der Waals surface area contributed by atoms with Gasteiger partial charge < -0.3 is 35.4 Å². The van der Waals surface area contributed by atoms with Crippen molar-refractivity contribution in [3.8, 4) is 0 Å². The number of benzene rings is 2. The van der Waals surface area contributed by atoms with Crippen LogP contribution in [-0.2, 0) is 14.1 Å². The number of hydrogen-bond acceptors (Lipinski definition) is 8. The molecule has 0 bridgehead atoms. The molecule has 0 aliphatic rings. The standard InChI is InChI=1S/C23H24N8S2.2ClH/c1-30-14-16-32-22(30)28-26-20-8-4-18(5-9-20)24-12-3-13-25-19-6-10-21(11-7-19)27-29-23-31(2)15-17-33-23;;/h4-11,14-17H,3,12-13H2,1-2H3;2*1H. The van der Waals surface area contributed by atoms with Gasteiger partial charge in [0.15, 0.2) is 0 Å². The summed E-state index contributed by atoms with van der Waals surface area (Å²) in [5, 5.41) is 29.7. The Morgan fingerprint density at radius 2 is 1.03 bits per heavy atom. The van der Waals surface area contributed by atoms with Crippen LogP contribution in [-0.4, -0.2) is 13.1 Å². The van der Waals surface area contributed by atoms with E-state index in [1.54, 1.807) is 22.7 Å². The SMILES string of the molecule is C[n+]1ccsc1N=Nc1ccc(NCCCNc2ccc(N=Nc3scc[n+]3C)cc2)cc1.[Cl-].[Cl-]. The lowest BCUT2D eigenvalue weighted by atomic mass is 10.2. The lowest BCUT2D eigenvalue weighted by Crippen LogP contribution is -3.00. The lowest BCUT2D eigenvalue weighted by Gasteiger charge is -2.08. The fourth-order valence-electron chi connectivity index (χ4n) is 2.89. The van der Waals surface area contributed by atoms with Gasteiger partial charge in [0.05, 0.1) is 24.3 Å². The number of aryl methyl sites for hydroxylation is 2. The molecule has 8 nitrogen and oxygen atoms in total. The summed E-state index contributed by atoms with van der Waals surface area (Å²) in [4.78, 5) is 0. The zero-order chi connectivity index (χ0) is 22.9. The minimum atomic E-state index is 0. The van der Waals surface area contributed by atoms with Crippen LogP contribution < -0.4 is 44.6 Å². The summed E-state index contributed by atoms with van der Waals surface area (Å²) in [6.45, 7) is 1.76. The van der Waals surface area contributed by atoms with Gasteiger partial charge in [-0.1, -0.05) is 0 Å². The number of halogens is 2. The van der Waals surface area contributed by atoms with Crippen LogP contribution >= 0.6 is 22.7 Å². The second-order valence-corrected chi connectivity index (χ2v) is 9.04. The fourth-order valence-corrected chi connectivity index (χ4v) is 4.25. The van der Waals surface area contributed by atoms with Crippen molar-refractivity contribution >= 4 is 55.7 Å². The number of anilines is 2. The van der Waals surface area contributed by atoms with Crippen LogP contribution in [0.2, 0.25) is 0 Å². The highest BCUT2D eigenvalue weighted by atomic mass is 35.5. The second kappa shape index (κ2) is 14.5. The van der Waals surface area contributed by atoms with E-state index in [0.717, 1.165) is 52.5 Å². The Bertz CT molecular complexity index is 1130. The van der Waals surface area contributed by atoms with Gasteiger partial charge in [-0.15, -0.1) is 0 Å². The Morgan fingerprint density at radius 1 is 0.629 bits per heavy atom. The summed E-state index contributed by atoms with van der Waals surface area (Å²) < 4.78 is 3.90. The summed E-state index contributed by atoms with van der Waals surface area (Å²) >= 11 is 3.13. The summed E-state index contributed by atoms with van der Waals surface area (Å²) in [5.41, 5.74) is 3.82. The van der Waals surface area contributed by atoms with Gasteiger partial charge in [0.2, 0.25) is 0 Å². The molecule has 0 unspecified atom stereocenters. The van der Waals surface area contributed by atoms with E-state index in [-0.39, 0.29) is 24.8 Å². The van der Waals surface area contributed by atoms with Crippen molar-refractivity contribution in [2.24, 2.45) is 34.6 Å². The van der Waals surface area contributed by atoms with Crippen molar-refractivity contribution in [2.75, 3.05) is 23.7 Å². The first kappa shape index (κ1) is 28.3. The van der Waals surface area contributed by atoms with Crippen LogP contribution in [0.15, 0.2) is 92.1 Å². The van der Waals surface area contributed by atoms with E-state index in [4.69, 9.17) is 0 Å². The van der Waals surface area contributed by atoms with Gasteiger partial charge in [0.25, 0.3) is 0 Å². The molecule has 0 amide bonds. The third kappa shape index (κ3) is 8.66. The molecule has 35 heavy (non-hydrogen) atoms. The van der Waals surface area contributed by atoms with Crippen LogP contribution in [0.4, 0.5) is 33.0 Å². The molecule has 184 valence electrons. The third-order valence-electron chi connectivity index (χ3n) is 4.77. The monoisotopic (exact) mass is 548 g/mol. The molecule has 0 fully saturated rings. The van der Waals surface area contributed by atoms with Gasteiger partial charge in [-0.3, -0.25) is 0 Å². The van der Waals surface area contributed by atoms with Gasteiger partial charge in [0.1, 0.15) is 23.8 Å². The predicted molar refractivity (Wildman–Crippen MR) is 134 cm³/mol. The van der Waals surface area contributed by atoms with E-state index in [0.29, 0.717) is 0 Å². The van der Waals surface area contributed by atoms with Crippen LogP contribution in [0.1, 0.15) is 6.42 Å². The summed E-state index contributed by atoms with van der Waals surface area (Å²) in [6, 6.07) is 16.0. The van der Waals surface area contributed by atoms with E-state index in [1.165, 1.54) is 0 Å². The molecule has 4 rings (SSSR count). The van der Waals surface area contributed by atoms with Gasteiger partial charge in [-0.2, -0.15) is 0 Å². The first-order chi connectivity index (χ1) is 16.2. The maximum absolute atomic E-state index is 4.29. The highest BCUT2D eigenvalue weighted by Crippen LogP contribution is 2.22. The smallest absolute Gasteiger partial charge is 0.408 e.